The Hall–Kier alpha value is -0.740. The summed E-state index contributed by atoms with van der Waals surface area (Å²) in [5.74, 6) is 0.901. The predicted octanol–water partition coefficient (Wildman–Crippen LogP) is 1.87. The third-order valence-electron chi connectivity index (χ3n) is 2.57. The third kappa shape index (κ3) is 2.63. The van der Waals surface area contributed by atoms with Gasteiger partial charge in [-0.3, -0.25) is 0 Å². The largest absolute Gasteiger partial charge is 0.497 e. The molecule has 0 aliphatic carbocycles. The Kier molecular flexibility index (Phi) is 3.49. The van der Waals surface area contributed by atoms with Crippen LogP contribution < -0.4 is 15.0 Å². The molecule has 1 aliphatic rings. The number of methoxy groups -OCH3 is 1. The summed E-state index contributed by atoms with van der Waals surface area (Å²) in [4.78, 5) is 2.36. The quantitative estimate of drug-likeness (QED) is 0.888. The fourth-order valence-electron chi connectivity index (χ4n) is 1.77. The highest BCUT2D eigenvalue weighted by molar-refractivity contribution is 9.10. The number of rotatable bonds is 2. The molecule has 15 heavy (non-hydrogen) atoms. The molecule has 0 spiro atoms. The van der Waals surface area contributed by atoms with Gasteiger partial charge in [0.1, 0.15) is 5.75 Å². The van der Waals surface area contributed by atoms with Gasteiger partial charge in [0, 0.05) is 42.4 Å². The summed E-state index contributed by atoms with van der Waals surface area (Å²) in [6, 6.07) is 6.19. The minimum absolute atomic E-state index is 0.901. The molecule has 1 saturated heterocycles. The van der Waals surface area contributed by atoms with Gasteiger partial charge in [0.25, 0.3) is 0 Å². The van der Waals surface area contributed by atoms with E-state index in [0.29, 0.717) is 0 Å². The number of hydrogen-bond acceptors (Lipinski definition) is 3. The van der Waals surface area contributed by atoms with Gasteiger partial charge in [-0.2, -0.15) is 0 Å². The maximum absolute atomic E-state index is 5.25. The molecule has 1 heterocycles. The van der Waals surface area contributed by atoms with E-state index in [-0.39, 0.29) is 0 Å². The highest BCUT2D eigenvalue weighted by Crippen LogP contribution is 2.27. The molecule has 0 aromatic heterocycles. The number of anilines is 1. The fourth-order valence-corrected chi connectivity index (χ4v) is 2.23. The van der Waals surface area contributed by atoms with Gasteiger partial charge in [-0.1, -0.05) is 15.9 Å². The second kappa shape index (κ2) is 4.86. The van der Waals surface area contributed by atoms with Crippen LogP contribution in [0, 0.1) is 0 Å². The lowest BCUT2D eigenvalue weighted by molar-refractivity contribution is 0.414. The van der Waals surface area contributed by atoms with Crippen LogP contribution in [0.15, 0.2) is 22.7 Å². The van der Waals surface area contributed by atoms with Gasteiger partial charge in [0.05, 0.1) is 7.11 Å². The van der Waals surface area contributed by atoms with E-state index in [2.05, 4.69) is 38.3 Å². The van der Waals surface area contributed by atoms with Gasteiger partial charge < -0.3 is 15.0 Å². The number of nitrogens with one attached hydrogen (secondary N) is 1. The number of nitrogens with zero attached hydrogens (tertiary/aromatic N) is 1. The second-order valence-electron chi connectivity index (χ2n) is 3.59. The highest BCUT2D eigenvalue weighted by Gasteiger charge is 2.11. The topological polar surface area (TPSA) is 24.5 Å². The molecule has 0 amide bonds. The minimum atomic E-state index is 0.901. The monoisotopic (exact) mass is 270 g/mol. The van der Waals surface area contributed by atoms with E-state index in [1.807, 2.05) is 6.07 Å². The molecular weight excluding hydrogens is 256 g/mol. The summed E-state index contributed by atoms with van der Waals surface area (Å²) in [7, 11) is 1.70. The first-order chi connectivity index (χ1) is 7.29. The molecule has 1 aromatic rings. The van der Waals surface area contributed by atoms with Crippen molar-refractivity contribution < 1.29 is 4.74 Å². The van der Waals surface area contributed by atoms with Crippen LogP contribution in [0.3, 0.4) is 0 Å². The summed E-state index contributed by atoms with van der Waals surface area (Å²) in [6.07, 6.45) is 0. The van der Waals surface area contributed by atoms with Crippen LogP contribution in [0.5, 0.6) is 5.75 Å². The van der Waals surface area contributed by atoms with Gasteiger partial charge in [0.15, 0.2) is 0 Å². The Morgan fingerprint density at radius 1 is 1.27 bits per heavy atom. The number of hydrogen-bond donors (Lipinski definition) is 1. The molecule has 1 N–H and O–H groups in total. The van der Waals surface area contributed by atoms with Gasteiger partial charge in [0.2, 0.25) is 0 Å². The van der Waals surface area contributed by atoms with Crippen molar-refractivity contribution in [2.24, 2.45) is 0 Å². The van der Waals surface area contributed by atoms with Crippen LogP contribution in [0.2, 0.25) is 0 Å². The SMILES string of the molecule is COc1cc(Br)cc(N2CCNCC2)c1. The van der Waals surface area contributed by atoms with Crippen molar-refractivity contribution in [2.45, 2.75) is 0 Å². The van der Waals surface area contributed by atoms with E-state index in [4.69, 9.17) is 4.74 Å². The first-order valence-electron chi connectivity index (χ1n) is 5.10. The maximum Gasteiger partial charge on any atom is 0.122 e. The van der Waals surface area contributed by atoms with E-state index in [1.54, 1.807) is 7.11 Å². The van der Waals surface area contributed by atoms with Crippen molar-refractivity contribution in [1.29, 1.82) is 0 Å². The fraction of sp³-hybridized carbons (Fsp3) is 0.455. The van der Waals surface area contributed by atoms with Gasteiger partial charge in [-0.15, -0.1) is 0 Å². The Balaban J connectivity index is 2.22. The zero-order chi connectivity index (χ0) is 10.7. The Bertz CT molecular complexity index is 337. The third-order valence-corrected chi connectivity index (χ3v) is 3.03. The first kappa shape index (κ1) is 10.8. The molecule has 1 fully saturated rings. The summed E-state index contributed by atoms with van der Waals surface area (Å²) < 4.78 is 6.32. The molecule has 4 heteroatoms. The van der Waals surface area contributed by atoms with E-state index < -0.39 is 0 Å². The predicted molar refractivity (Wildman–Crippen MR) is 65.8 cm³/mol. The van der Waals surface area contributed by atoms with E-state index in [0.717, 1.165) is 36.4 Å². The van der Waals surface area contributed by atoms with Gasteiger partial charge >= 0.3 is 0 Å². The number of piperazine rings is 1. The molecule has 0 unspecified atom stereocenters. The second-order valence-corrected chi connectivity index (χ2v) is 4.50. The zero-order valence-corrected chi connectivity index (χ0v) is 10.4. The molecule has 2 rings (SSSR count). The molecule has 3 nitrogen and oxygen atoms in total. The van der Waals surface area contributed by atoms with E-state index in [1.165, 1.54) is 5.69 Å². The van der Waals surface area contributed by atoms with Crippen LogP contribution in [-0.2, 0) is 0 Å². The highest BCUT2D eigenvalue weighted by atomic mass is 79.9. The Labute approximate surface area is 98.5 Å². The molecule has 0 saturated carbocycles. The lowest BCUT2D eigenvalue weighted by atomic mass is 10.2. The molecular formula is C11H15BrN2O. The Morgan fingerprint density at radius 3 is 2.67 bits per heavy atom. The van der Waals surface area contributed by atoms with Crippen molar-refractivity contribution in [3.63, 3.8) is 0 Å². The lowest BCUT2D eigenvalue weighted by Gasteiger charge is -2.29. The summed E-state index contributed by atoms with van der Waals surface area (Å²) in [6.45, 7) is 4.21. The number of ether oxygens (including phenoxy) is 1. The van der Waals surface area contributed by atoms with Gasteiger partial charge in [-0.25, -0.2) is 0 Å². The van der Waals surface area contributed by atoms with Crippen LogP contribution in [0.1, 0.15) is 0 Å². The first-order valence-corrected chi connectivity index (χ1v) is 5.89. The summed E-state index contributed by atoms with van der Waals surface area (Å²) in [5, 5.41) is 3.34. The smallest absolute Gasteiger partial charge is 0.122 e. The van der Waals surface area contributed by atoms with Crippen LogP contribution >= 0.6 is 15.9 Å². The average molecular weight is 271 g/mol. The molecule has 1 aromatic carbocycles. The standard InChI is InChI=1S/C11H15BrN2O/c1-15-11-7-9(12)6-10(8-11)14-4-2-13-3-5-14/h6-8,13H,2-5H2,1H3. The number of benzene rings is 1. The molecule has 1 aliphatic heterocycles. The normalized spacial score (nSPS) is 16.5. The van der Waals surface area contributed by atoms with E-state index >= 15 is 0 Å². The zero-order valence-electron chi connectivity index (χ0n) is 8.79. The van der Waals surface area contributed by atoms with Crippen molar-refractivity contribution in [3.05, 3.63) is 22.7 Å². The summed E-state index contributed by atoms with van der Waals surface area (Å²) in [5.41, 5.74) is 1.22. The molecule has 0 atom stereocenters. The lowest BCUT2D eigenvalue weighted by Crippen LogP contribution is -2.43. The van der Waals surface area contributed by atoms with E-state index in [9.17, 15) is 0 Å². The summed E-state index contributed by atoms with van der Waals surface area (Å²) >= 11 is 3.50. The average Bonchev–Trinajstić information content (AvgIpc) is 2.29. The van der Waals surface area contributed by atoms with Crippen LogP contribution in [0.4, 0.5) is 5.69 Å². The van der Waals surface area contributed by atoms with Crippen molar-refractivity contribution in [2.75, 3.05) is 38.2 Å². The molecule has 0 bridgehead atoms. The van der Waals surface area contributed by atoms with Crippen molar-refractivity contribution >= 4 is 21.6 Å². The minimum Gasteiger partial charge on any atom is -0.497 e. The Morgan fingerprint density at radius 2 is 2.00 bits per heavy atom. The van der Waals surface area contributed by atoms with Crippen molar-refractivity contribution in [3.8, 4) is 5.75 Å². The molecule has 0 radical (unpaired) electrons. The van der Waals surface area contributed by atoms with Gasteiger partial charge in [-0.05, 0) is 12.1 Å². The van der Waals surface area contributed by atoms with Crippen LogP contribution in [-0.4, -0.2) is 33.3 Å². The van der Waals surface area contributed by atoms with Crippen molar-refractivity contribution in [1.82, 2.24) is 5.32 Å². The maximum atomic E-state index is 5.25. The molecule has 82 valence electrons. The van der Waals surface area contributed by atoms with Crippen LogP contribution in [0.25, 0.3) is 0 Å². The number of halogens is 1.